The van der Waals surface area contributed by atoms with E-state index in [2.05, 4.69) is 4.90 Å². The van der Waals surface area contributed by atoms with Crippen LogP contribution in [0.3, 0.4) is 0 Å². The van der Waals surface area contributed by atoms with E-state index in [1.54, 1.807) is 11.9 Å². The number of ether oxygens (including phenoxy) is 2. The third-order valence-electron chi connectivity index (χ3n) is 4.58. The number of hydrogen-bond donors (Lipinski definition) is 0. The molecule has 7 nitrogen and oxygen atoms in total. The zero-order valence-electron chi connectivity index (χ0n) is 13.5. The number of rotatable bonds is 3. The summed E-state index contributed by atoms with van der Waals surface area (Å²) in [6, 6.07) is 1.48. The topological polar surface area (TPSA) is 72.2 Å². The van der Waals surface area contributed by atoms with Crippen molar-refractivity contribution >= 4 is 6.09 Å². The first-order chi connectivity index (χ1) is 11.0. The van der Waals surface area contributed by atoms with Gasteiger partial charge in [-0.05, 0) is 19.4 Å². The van der Waals surface area contributed by atoms with Crippen LogP contribution in [0.4, 0.5) is 4.79 Å². The minimum absolute atomic E-state index is 0.175. The largest absolute Gasteiger partial charge is 0.490 e. The molecule has 2 saturated heterocycles. The molecular formula is C16H22N2O5. The van der Waals surface area contributed by atoms with Crippen molar-refractivity contribution in [1.82, 2.24) is 9.80 Å². The fraction of sp³-hybridized carbons (Fsp3) is 0.625. The summed E-state index contributed by atoms with van der Waals surface area (Å²) in [6.45, 7) is 2.91. The Kier molecular flexibility index (Phi) is 4.30. The summed E-state index contributed by atoms with van der Waals surface area (Å²) in [5, 5.41) is 0. The van der Waals surface area contributed by atoms with Crippen molar-refractivity contribution < 1.29 is 18.7 Å². The van der Waals surface area contributed by atoms with Crippen molar-refractivity contribution in [3.05, 3.63) is 28.3 Å². The fourth-order valence-corrected chi connectivity index (χ4v) is 3.32. The van der Waals surface area contributed by atoms with E-state index in [9.17, 15) is 9.59 Å². The van der Waals surface area contributed by atoms with Gasteiger partial charge < -0.3 is 18.8 Å². The summed E-state index contributed by atoms with van der Waals surface area (Å²) in [7, 11) is 3.21. The van der Waals surface area contributed by atoms with E-state index in [1.807, 2.05) is 0 Å². The molecule has 0 saturated carbocycles. The van der Waals surface area contributed by atoms with Gasteiger partial charge in [-0.15, -0.1) is 0 Å². The number of hydrogen-bond acceptors (Lipinski definition) is 6. The second-order valence-electron chi connectivity index (χ2n) is 6.32. The lowest BCUT2D eigenvalue weighted by Gasteiger charge is -2.25. The van der Waals surface area contributed by atoms with Crippen LogP contribution in [0, 0.1) is 0 Å². The van der Waals surface area contributed by atoms with Gasteiger partial charge >= 0.3 is 6.09 Å². The van der Waals surface area contributed by atoms with Crippen LogP contribution in [-0.4, -0.2) is 55.3 Å². The van der Waals surface area contributed by atoms with Crippen molar-refractivity contribution in [2.45, 2.75) is 31.4 Å². The number of likely N-dealkylation sites (N-methyl/N-ethyl adjacent to an activating group) is 1. The Labute approximate surface area is 134 Å². The van der Waals surface area contributed by atoms with Crippen LogP contribution in [-0.2, 0) is 11.3 Å². The van der Waals surface area contributed by atoms with Gasteiger partial charge in [0.15, 0.2) is 0 Å². The van der Waals surface area contributed by atoms with Crippen LogP contribution in [0.25, 0.3) is 0 Å². The van der Waals surface area contributed by atoms with Gasteiger partial charge in [-0.3, -0.25) is 9.69 Å². The Morgan fingerprint density at radius 3 is 2.78 bits per heavy atom. The lowest BCUT2D eigenvalue weighted by molar-refractivity contribution is 0.0441. The first-order valence-corrected chi connectivity index (χ1v) is 7.83. The molecule has 3 rings (SSSR count). The standard InChI is InChI=1S/C16H22N2O5/c1-17-11-16(23-15(17)20)4-3-6-18(7-5-16)9-12-8-13(19)14(21-2)10-22-12/h8,10H,3-7,9,11H2,1-2H3/t16-/m1/s1. The van der Waals surface area contributed by atoms with Gasteiger partial charge in [0.25, 0.3) is 0 Å². The van der Waals surface area contributed by atoms with Crippen LogP contribution < -0.4 is 10.2 Å². The first-order valence-electron chi connectivity index (χ1n) is 7.83. The maximum atomic E-state index is 11.8. The van der Waals surface area contributed by atoms with Gasteiger partial charge in [0.2, 0.25) is 11.2 Å². The molecule has 1 aromatic heterocycles. The number of carbonyl (C=O) groups excluding carboxylic acids is 1. The van der Waals surface area contributed by atoms with E-state index < -0.39 is 0 Å². The highest BCUT2D eigenvalue weighted by molar-refractivity contribution is 5.70. The number of amides is 1. The predicted octanol–water partition coefficient (Wildman–Crippen LogP) is 1.46. The van der Waals surface area contributed by atoms with Crippen molar-refractivity contribution in [3.63, 3.8) is 0 Å². The van der Waals surface area contributed by atoms with E-state index in [0.717, 1.165) is 32.4 Å². The lowest BCUT2D eigenvalue weighted by atomic mass is 9.95. The van der Waals surface area contributed by atoms with E-state index in [1.165, 1.54) is 19.4 Å². The van der Waals surface area contributed by atoms with Crippen molar-refractivity contribution in [2.75, 3.05) is 33.8 Å². The van der Waals surface area contributed by atoms with Crippen LogP contribution in [0.15, 0.2) is 21.5 Å². The first kappa shape index (κ1) is 15.9. The highest BCUT2D eigenvalue weighted by Gasteiger charge is 2.44. The van der Waals surface area contributed by atoms with Gasteiger partial charge in [0.1, 0.15) is 17.6 Å². The molecule has 2 fully saturated rings. The molecule has 0 N–H and O–H groups in total. The van der Waals surface area contributed by atoms with Gasteiger partial charge in [0, 0.05) is 26.1 Å². The smallest absolute Gasteiger partial charge is 0.410 e. The minimum atomic E-state index is -0.360. The Hall–Kier alpha value is -2.02. The van der Waals surface area contributed by atoms with Gasteiger partial charge in [-0.25, -0.2) is 4.79 Å². The van der Waals surface area contributed by atoms with Crippen LogP contribution in [0.2, 0.25) is 0 Å². The highest BCUT2D eigenvalue weighted by atomic mass is 16.6. The second kappa shape index (κ2) is 6.23. The quantitative estimate of drug-likeness (QED) is 0.839. The Morgan fingerprint density at radius 1 is 1.30 bits per heavy atom. The molecule has 7 heteroatoms. The molecule has 2 aliphatic heterocycles. The molecule has 0 aliphatic carbocycles. The fourth-order valence-electron chi connectivity index (χ4n) is 3.32. The second-order valence-corrected chi connectivity index (χ2v) is 6.32. The molecule has 1 aromatic rings. The molecule has 1 atom stereocenters. The molecule has 23 heavy (non-hydrogen) atoms. The summed E-state index contributed by atoms with van der Waals surface area (Å²) in [5.74, 6) is 0.830. The average Bonchev–Trinajstić information content (AvgIpc) is 2.67. The predicted molar refractivity (Wildman–Crippen MR) is 82.5 cm³/mol. The SMILES string of the molecule is COc1coc(CN2CCC[C@@]3(CC2)CN(C)C(=O)O3)cc1=O. The van der Waals surface area contributed by atoms with Crippen molar-refractivity contribution in [3.8, 4) is 5.75 Å². The Morgan fingerprint density at radius 2 is 2.13 bits per heavy atom. The lowest BCUT2D eigenvalue weighted by Crippen LogP contribution is -2.35. The molecule has 3 heterocycles. The van der Waals surface area contributed by atoms with Crippen LogP contribution >= 0.6 is 0 Å². The normalized spacial score (nSPS) is 25.5. The summed E-state index contributed by atoms with van der Waals surface area (Å²) < 4.78 is 16.0. The van der Waals surface area contributed by atoms with Crippen molar-refractivity contribution in [1.29, 1.82) is 0 Å². The third kappa shape index (κ3) is 3.34. The molecule has 126 valence electrons. The molecule has 1 amide bonds. The number of likely N-dealkylation sites (tertiary alicyclic amines) is 1. The summed E-state index contributed by atoms with van der Waals surface area (Å²) in [4.78, 5) is 27.3. The molecule has 0 radical (unpaired) electrons. The number of carbonyl (C=O) groups is 1. The molecule has 2 aliphatic rings. The monoisotopic (exact) mass is 322 g/mol. The van der Waals surface area contributed by atoms with E-state index >= 15 is 0 Å². The molecular weight excluding hydrogens is 300 g/mol. The summed E-state index contributed by atoms with van der Waals surface area (Å²) >= 11 is 0. The van der Waals surface area contributed by atoms with Crippen LogP contribution in [0.5, 0.6) is 5.75 Å². The van der Waals surface area contributed by atoms with Crippen LogP contribution in [0.1, 0.15) is 25.0 Å². The van der Waals surface area contributed by atoms with Gasteiger partial charge in [-0.1, -0.05) is 0 Å². The number of methoxy groups -OCH3 is 1. The third-order valence-corrected chi connectivity index (χ3v) is 4.58. The Balaban J connectivity index is 1.64. The zero-order valence-corrected chi connectivity index (χ0v) is 13.5. The number of nitrogens with zero attached hydrogens (tertiary/aromatic N) is 2. The van der Waals surface area contributed by atoms with E-state index in [4.69, 9.17) is 13.9 Å². The maximum Gasteiger partial charge on any atom is 0.410 e. The molecule has 0 aromatic carbocycles. The summed E-state index contributed by atoms with van der Waals surface area (Å²) in [6.07, 6.45) is 3.72. The minimum Gasteiger partial charge on any atom is -0.490 e. The zero-order chi connectivity index (χ0) is 16.4. The van der Waals surface area contributed by atoms with Crippen molar-refractivity contribution in [2.24, 2.45) is 0 Å². The molecule has 0 bridgehead atoms. The molecule has 1 spiro atoms. The average molecular weight is 322 g/mol. The van der Waals surface area contributed by atoms with E-state index in [0.29, 0.717) is 18.8 Å². The van der Waals surface area contributed by atoms with Gasteiger partial charge in [0.05, 0.1) is 20.2 Å². The Bertz CT molecular complexity index is 644. The summed E-state index contributed by atoms with van der Waals surface area (Å²) in [5.41, 5.74) is -0.534. The van der Waals surface area contributed by atoms with Gasteiger partial charge in [-0.2, -0.15) is 0 Å². The maximum absolute atomic E-state index is 11.8. The van der Waals surface area contributed by atoms with E-state index in [-0.39, 0.29) is 22.9 Å². The highest BCUT2D eigenvalue weighted by Crippen LogP contribution is 2.32. The molecule has 0 unspecified atom stereocenters.